The lowest BCUT2D eigenvalue weighted by atomic mass is 10.1. The highest BCUT2D eigenvalue weighted by molar-refractivity contribution is 7.99. The Morgan fingerprint density at radius 2 is 1.85 bits per heavy atom. The lowest BCUT2D eigenvalue weighted by Gasteiger charge is -2.09. The molecule has 0 aliphatic carbocycles. The molecule has 136 valence electrons. The molecule has 0 unspecified atom stereocenters. The quantitative estimate of drug-likeness (QED) is 0.443. The fraction of sp³-hybridized carbons (Fsp3) is 0.316. The number of methoxy groups -OCH3 is 1. The maximum Gasteiger partial charge on any atom is 0.214 e. The summed E-state index contributed by atoms with van der Waals surface area (Å²) in [5, 5.41) is 12.7. The molecule has 0 bridgehead atoms. The van der Waals surface area contributed by atoms with Gasteiger partial charge in [0.15, 0.2) is 0 Å². The molecule has 6 nitrogen and oxygen atoms in total. The highest BCUT2D eigenvalue weighted by atomic mass is 32.2. The number of rotatable bonds is 8. The van der Waals surface area contributed by atoms with E-state index in [0.29, 0.717) is 6.61 Å². The normalized spacial score (nSPS) is 10.7. The van der Waals surface area contributed by atoms with Crippen molar-refractivity contribution in [3.05, 3.63) is 53.6 Å². The van der Waals surface area contributed by atoms with Crippen molar-refractivity contribution in [2.75, 3.05) is 19.5 Å². The molecule has 0 saturated heterocycles. The molecule has 0 saturated carbocycles. The van der Waals surface area contributed by atoms with E-state index in [1.54, 1.807) is 23.6 Å². The first-order chi connectivity index (χ1) is 12.7. The van der Waals surface area contributed by atoms with Gasteiger partial charge in [0, 0.05) is 5.75 Å². The van der Waals surface area contributed by atoms with Gasteiger partial charge in [-0.05, 0) is 66.1 Å². The summed E-state index contributed by atoms with van der Waals surface area (Å²) in [4.78, 5) is 0. The van der Waals surface area contributed by atoms with E-state index in [9.17, 15) is 0 Å². The number of hydrogen-bond donors (Lipinski definition) is 0. The minimum atomic E-state index is 0.659. The highest BCUT2D eigenvalue weighted by Gasteiger charge is 2.12. The van der Waals surface area contributed by atoms with Crippen molar-refractivity contribution in [3.8, 4) is 17.2 Å². The first kappa shape index (κ1) is 18.3. The maximum absolute atomic E-state index is 5.85. The molecule has 0 amide bonds. The maximum atomic E-state index is 5.85. The van der Waals surface area contributed by atoms with E-state index in [-0.39, 0.29) is 0 Å². The van der Waals surface area contributed by atoms with Crippen molar-refractivity contribution in [2.24, 2.45) is 0 Å². The fourth-order valence-electron chi connectivity index (χ4n) is 2.65. The van der Waals surface area contributed by atoms with Gasteiger partial charge in [-0.15, -0.1) is 5.10 Å². The Morgan fingerprint density at radius 1 is 1.08 bits per heavy atom. The molecule has 2 aromatic carbocycles. The van der Waals surface area contributed by atoms with Crippen molar-refractivity contribution < 1.29 is 9.47 Å². The second-order valence-corrected chi connectivity index (χ2v) is 6.98. The molecule has 0 N–H and O–H groups in total. The first-order valence-electron chi connectivity index (χ1n) is 8.43. The van der Waals surface area contributed by atoms with Crippen molar-refractivity contribution in [3.63, 3.8) is 0 Å². The van der Waals surface area contributed by atoms with Crippen LogP contribution in [-0.4, -0.2) is 39.7 Å². The smallest absolute Gasteiger partial charge is 0.214 e. The van der Waals surface area contributed by atoms with Crippen LogP contribution in [0.2, 0.25) is 0 Å². The monoisotopic (exact) mass is 370 g/mol. The zero-order chi connectivity index (χ0) is 18.4. The summed E-state index contributed by atoms with van der Waals surface area (Å²) < 4.78 is 12.9. The molecule has 0 spiro atoms. The first-order valence-corrected chi connectivity index (χ1v) is 9.41. The number of para-hydroxylation sites is 2. The van der Waals surface area contributed by atoms with Crippen LogP contribution in [0.3, 0.4) is 0 Å². The summed E-state index contributed by atoms with van der Waals surface area (Å²) in [6, 6.07) is 13.9. The van der Waals surface area contributed by atoms with E-state index in [2.05, 4.69) is 47.6 Å². The summed E-state index contributed by atoms with van der Waals surface area (Å²) >= 11 is 1.60. The van der Waals surface area contributed by atoms with Gasteiger partial charge in [-0.1, -0.05) is 30.0 Å². The molecule has 0 atom stereocenters. The van der Waals surface area contributed by atoms with Gasteiger partial charge in [-0.3, -0.25) is 0 Å². The van der Waals surface area contributed by atoms with Crippen LogP contribution in [0.15, 0.2) is 47.6 Å². The minimum Gasteiger partial charge on any atom is -0.494 e. The second kappa shape index (κ2) is 8.71. The Hall–Kier alpha value is -2.54. The molecule has 3 aromatic rings. The molecule has 1 aromatic heterocycles. The van der Waals surface area contributed by atoms with Crippen LogP contribution < -0.4 is 9.47 Å². The van der Waals surface area contributed by atoms with E-state index in [1.807, 2.05) is 24.3 Å². The summed E-state index contributed by atoms with van der Waals surface area (Å²) in [6.07, 6.45) is 0.899. The number of tetrazole rings is 1. The number of aryl methyl sites for hydroxylation is 2. The van der Waals surface area contributed by atoms with Crippen LogP contribution in [0.5, 0.6) is 11.5 Å². The average molecular weight is 370 g/mol. The SMILES string of the molecule is COc1ccccc1-n1nnnc1SCCCOc1cc(C)cc(C)c1. The van der Waals surface area contributed by atoms with E-state index in [0.717, 1.165) is 34.5 Å². The Kier molecular flexibility index (Phi) is 6.12. The van der Waals surface area contributed by atoms with Gasteiger partial charge in [-0.2, -0.15) is 4.68 Å². The zero-order valence-corrected chi connectivity index (χ0v) is 16.0. The van der Waals surface area contributed by atoms with Crippen LogP contribution in [-0.2, 0) is 0 Å². The molecule has 7 heteroatoms. The van der Waals surface area contributed by atoms with Gasteiger partial charge < -0.3 is 9.47 Å². The van der Waals surface area contributed by atoms with Crippen molar-refractivity contribution in [1.82, 2.24) is 20.2 Å². The Morgan fingerprint density at radius 3 is 2.62 bits per heavy atom. The van der Waals surface area contributed by atoms with Gasteiger partial charge in [0.1, 0.15) is 17.2 Å². The van der Waals surface area contributed by atoms with Crippen LogP contribution in [0, 0.1) is 13.8 Å². The Bertz CT molecular complexity index is 846. The third-order valence-corrected chi connectivity index (χ3v) is 4.74. The van der Waals surface area contributed by atoms with E-state index >= 15 is 0 Å². The van der Waals surface area contributed by atoms with Gasteiger partial charge in [0.05, 0.1) is 13.7 Å². The summed E-state index contributed by atoms with van der Waals surface area (Å²) in [5.41, 5.74) is 3.25. The van der Waals surface area contributed by atoms with Crippen LogP contribution in [0.4, 0.5) is 0 Å². The third-order valence-electron chi connectivity index (χ3n) is 3.74. The topological polar surface area (TPSA) is 62.1 Å². The molecule has 0 radical (unpaired) electrons. The summed E-state index contributed by atoms with van der Waals surface area (Å²) in [7, 11) is 1.64. The molecule has 0 fully saturated rings. The molecule has 3 rings (SSSR count). The number of thioether (sulfide) groups is 1. The van der Waals surface area contributed by atoms with Crippen molar-refractivity contribution in [1.29, 1.82) is 0 Å². The number of aromatic nitrogens is 4. The van der Waals surface area contributed by atoms with Gasteiger partial charge in [0.25, 0.3) is 0 Å². The van der Waals surface area contributed by atoms with E-state index < -0.39 is 0 Å². The van der Waals surface area contributed by atoms with Crippen molar-refractivity contribution >= 4 is 11.8 Å². The number of ether oxygens (including phenoxy) is 2. The zero-order valence-electron chi connectivity index (χ0n) is 15.2. The third kappa shape index (κ3) is 4.54. The molecule has 26 heavy (non-hydrogen) atoms. The molecular formula is C19H22N4O2S. The number of benzene rings is 2. The van der Waals surface area contributed by atoms with E-state index in [1.165, 1.54) is 11.1 Å². The molecule has 0 aliphatic heterocycles. The van der Waals surface area contributed by atoms with Crippen LogP contribution >= 0.6 is 11.8 Å². The molecule has 1 heterocycles. The lowest BCUT2D eigenvalue weighted by molar-refractivity contribution is 0.318. The summed E-state index contributed by atoms with van der Waals surface area (Å²) in [5.74, 6) is 2.52. The lowest BCUT2D eigenvalue weighted by Crippen LogP contribution is -2.03. The van der Waals surface area contributed by atoms with Gasteiger partial charge >= 0.3 is 0 Å². The Balaban J connectivity index is 1.54. The predicted molar refractivity (Wildman–Crippen MR) is 102 cm³/mol. The minimum absolute atomic E-state index is 0.659. The second-order valence-electron chi connectivity index (χ2n) is 5.92. The number of nitrogens with zero attached hydrogens (tertiary/aromatic N) is 4. The van der Waals surface area contributed by atoms with E-state index in [4.69, 9.17) is 9.47 Å². The standard InChI is InChI=1S/C19H22N4O2S/c1-14-11-15(2)13-16(12-14)25-9-6-10-26-19-20-21-22-23(19)17-7-4-5-8-18(17)24-3/h4-5,7-8,11-13H,6,9-10H2,1-3H3. The number of hydrogen-bond acceptors (Lipinski definition) is 6. The predicted octanol–water partition coefficient (Wildman–Crippen LogP) is 3.85. The molecular weight excluding hydrogens is 348 g/mol. The van der Waals surface area contributed by atoms with Crippen molar-refractivity contribution in [2.45, 2.75) is 25.4 Å². The van der Waals surface area contributed by atoms with Gasteiger partial charge in [-0.25, -0.2) is 0 Å². The average Bonchev–Trinajstić information content (AvgIpc) is 3.09. The summed E-state index contributed by atoms with van der Waals surface area (Å²) in [6.45, 7) is 4.81. The Labute approximate surface area is 157 Å². The largest absolute Gasteiger partial charge is 0.494 e. The highest BCUT2D eigenvalue weighted by Crippen LogP contribution is 2.25. The van der Waals surface area contributed by atoms with Crippen LogP contribution in [0.1, 0.15) is 17.5 Å². The molecule has 0 aliphatic rings. The fourth-order valence-corrected chi connectivity index (χ4v) is 3.45. The van der Waals surface area contributed by atoms with Gasteiger partial charge in [0.2, 0.25) is 5.16 Å². The van der Waals surface area contributed by atoms with Crippen LogP contribution in [0.25, 0.3) is 5.69 Å².